The summed E-state index contributed by atoms with van der Waals surface area (Å²) in [7, 11) is 0. The summed E-state index contributed by atoms with van der Waals surface area (Å²) in [5.74, 6) is 1.42. The average molecular weight is 243 g/mol. The van der Waals surface area contributed by atoms with E-state index >= 15 is 0 Å². The minimum Gasteiger partial charge on any atom is -0.371 e. The Bertz CT molecular complexity index is 343. The fraction of sp³-hybridized carbons (Fsp3) is 0.500. The van der Waals surface area contributed by atoms with Gasteiger partial charge in [0.15, 0.2) is 0 Å². The van der Waals surface area contributed by atoms with Crippen molar-refractivity contribution in [1.29, 1.82) is 0 Å². The molecule has 2 unspecified atom stereocenters. The van der Waals surface area contributed by atoms with Crippen molar-refractivity contribution in [3.05, 3.63) is 30.1 Å². The zero-order valence-electron chi connectivity index (χ0n) is 9.03. The number of hydrogen-bond acceptors (Lipinski definition) is 2. The monoisotopic (exact) mass is 242 g/mol. The van der Waals surface area contributed by atoms with Gasteiger partial charge in [-0.3, -0.25) is 0 Å². The Kier molecular flexibility index (Phi) is 3.36. The molecule has 2 nitrogen and oxygen atoms in total. The first-order valence-electron chi connectivity index (χ1n) is 5.54. The summed E-state index contributed by atoms with van der Waals surface area (Å²) < 4.78 is 12.8. The number of anilines is 1. The van der Waals surface area contributed by atoms with E-state index in [1.165, 1.54) is 0 Å². The van der Waals surface area contributed by atoms with Crippen molar-refractivity contribution in [1.82, 2.24) is 5.32 Å². The first-order chi connectivity index (χ1) is 7.33. The van der Waals surface area contributed by atoms with Crippen molar-refractivity contribution in [2.45, 2.75) is 0 Å². The molecule has 0 amide bonds. The van der Waals surface area contributed by atoms with Crippen LogP contribution < -0.4 is 10.2 Å². The van der Waals surface area contributed by atoms with Gasteiger partial charge in [0.1, 0.15) is 5.82 Å². The second-order valence-electron chi connectivity index (χ2n) is 4.56. The molecule has 1 aromatic rings. The first kappa shape index (κ1) is 11.7. The Morgan fingerprint density at radius 2 is 1.62 bits per heavy atom. The average Bonchev–Trinajstić information content (AvgIpc) is 2.78. The number of rotatable bonds is 1. The molecule has 0 bridgehead atoms. The van der Waals surface area contributed by atoms with Gasteiger partial charge < -0.3 is 10.2 Å². The number of halogens is 2. The van der Waals surface area contributed by atoms with Gasteiger partial charge in [-0.1, -0.05) is 0 Å². The summed E-state index contributed by atoms with van der Waals surface area (Å²) in [5.41, 5.74) is 1.16. The quantitative estimate of drug-likeness (QED) is 0.809. The van der Waals surface area contributed by atoms with E-state index in [-0.39, 0.29) is 18.2 Å². The van der Waals surface area contributed by atoms with Gasteiger partial charge in [-0.2, -0.15) is 0 Å². The van der Waals surface area contributed by atoms with E-state index in [2.05, 4.69) is 10.2 Å². The SMILES string of the molecule is Cl.Fc1ccc(N2CC3CNCC3C2)cc1. The predicted octanol–water partition coefficient (Wildman–Crippen LogP) is 1.90. The molecule has 2 heterocycles. The molecule has 0 spiro atoms. The number of hydrogen-bond donors (Lipinski definition) is 1. The molecule has 16 heavy (non-hydrogen) atoms. The van der Waals surface area contributed by atoms with Crippen LogP contribution in [0.2, 0.25) is 0 Å². The van der Waals surface area contributed by atoms with E-state index in [0.717, 1.165) is 43.7 Å². The maximum absolute atomic E-state index is 12.8. The highest BCUT2D eigenvalue weighted by Gasteiger charge is 2.35. The predicted molar refractivity (Wildman–Crippen MR) is 65.7 cm³/mol. The van der Waals surface area contributed by atoms with Crippen LogP contribution in [0.5, 0.6) is 0 Å². The fourth-order valence-electron chi connectivity index (χ4n) is 2.72. The van der Waals surface area contributed by atoms with Crippen molar-refractivity contribution in [2.24, 2.45) is 11.8 Å². The molecule has 3 rings (SSSR count). The first-order valence-corrected chi connectivity index (χ1v) is 5.54. The van der Waals surface area contributed by atoms with Crippen LogP contribution in [0.4, 0.5) is 10.1 Å². The third-order valence-corrected chi connectivity index (χ3v) is 3.58. The van der Waals surface area contributed by atoms with Crippen molar-refractivity contribution >= 4 is 18.1 Å². The van der Waals surface area contributed by atoms with E-state index in [1.807, 2.05) is 12.1 Å². The molecule has 0 saturated carbocycles. The number of fused-ring (bicyclic) bond motifs is 1. The molecule has 88 valence electrons. The van der Waals surface area contributed by atoms with E-state index in [0.29, 0.717) is 0 Å². The number of nitrogens with one attached hydrogen (secondary N) is 1. The lowest BCUT2D eigenvalue weighted by Crippen LogP contribution is -2.25. The minimum absolute atomic E-state index is 0. The standard InChI is InChI=1S/C12H15FN2.ClH/c13-11-1-3-12(4-2-11)15-7-9-5-14-6-10(9)8-15;/h1-4,9-10,14H,5-8H2;1H. The lowest BCUT2D eigenvalue weighted by molar-refractivity contribution is 0.533. The van der Waals surface area contributed by atoms with Gasteiger partial charge in [-0.05, 0) is 36.1 Å². The summed E-state index contributed by atoms with van der Waals surface area (Å²) >= 11 is 0. The maximum Gasteiger partial charge on any atom is 0.123 e. The molecular weight excluding hydrogens is 227 g/mol. The Morgan fingerprint density at radius 3 is 2.19 bits per heavy atom. The lowest BCUT2D eigenvalue weighted by atomic mass is 10.0. The van der Waals surface area contributed by atoms with Crippen LogP contribution in [0.15, 0.2) is 24.3 Å². The van der Waals surface area contributed by atoms with E-state index in [1.54, 1.807) is 12.1 Å². The van der Waals surface area contributed by atoms with Crippen LogP contribution in [-0.2, 0) is 0 Å². The lowest BCUT2D eigenvalue weighted by Gasteiger charge is -2.19. The maximum atomic E-state index is 12.8. The normalized spacial score (nSPS) is 27.7. The van der Waals surface area contributed by atoms with Crippen LogP contribution in [0.25, 0.3) is 0 Å². The summed E-state index contributed by atoms with van der Waals surface area (Å²) in [6, 6.07) is 6.84. The van der Waals surface area contributed by atoms with Gasteiger partial charge >= 0.3 is 0 Å². The van der Waals surface area contributed by atoms with E-state index < -0.39 is 0 Å². The van der Waals surface area contributed by atoms with Gasteiger partial charge in [0.25, 0.3) is 0 Å². The molecule has 1 aromatic carbocycles. The molecule has 1 N–H and O–H groups in total. The Labute approximate surface area is 101 Å². The molecule has 0 aromatic heterocycles. The van der Waals surface area contributed by atoms with Crippen molar-refractivity contribution in [2.75, 3.05) is 31.1 Å². The van der Waals surface area contributed by atoms with Gasteiger partial charge in [-0.15, -0.1) is 12.4 Å². The van der Waals surface area contributed by atoms with Crippen LogP contribution >= 0.6 is 12.4 Å². The molecule has 0 aliphatic carbocycles. The molecule has 0 radical (unpaired) electrons. The highest BCUT2D eigenvalue weighted by molar-refractivity contribution is 5.85. The zero-order chi connectivity index (χ0) is 10.3. The van der Waals surface area contributed by atoms with Gasteiger partial charge in [0.2, 0.25) is 0 Å². The minimum atomic E-state index is -0.153. The number of benzene rings is 1. The van der Waals surface area contributed by atoms with Crippen molar-refractivity contribution < 1.29 is 4.39 Å². The summed E-state index contributed by atoms with van der Waals surface area (Å²) in [5, 5.41) is 3.42. The van der Waals surface area contributed by atoms with Gasteiger partial charge in [-0.25, -0.2) is 4.39 Å². The summed E-state index contributed by atoms with van der Waals surface area (Å²) in [6.07, 6.45) is 0. The van der Waals surface area contributed by atoms with Gasteiger partial charge in [0, 0.05) is 31.9 Å². The van der Waals surface area contributed by atoms with Crippen LogP contribution in [0.3, 0.4) is 0 Å². The topological polar surface area (TPSA) is 15.3 Å². The highest BCUT2D eigenvalue weighted by Crippen LogP contribution is 2.30. The highest BCUT2D eigenvalue weighted by atomic mass is 35.5. The van der Waals surface area contributed by atoms with Crippen LogP contribution in [-0.4, -0.2) is 26.2 Å². The van der Waals surface area contributed by atoms with Crippen molar-refractivity contribution in [3.63, 3.8) is 0 Å². The largest absolute Gasteiger partial charge is 0.371 e. The third-order valence-electron chi connectivity index (χ3n) is 3.58. The Morgan fingerprint density at radius 1 is 1.06 bits per heavy atom. The Balaban J connectivity index is 0.000000963. The second-order valence-corrected chi connectivity index (χ2v) is 4.56. The van der Waals surface area contributed by atoms with Crippen molar-refractivity contribution in [3.8, 4) is 0 Å². The third kappa shape index (κ3) is 2.02. The van der Waals surface area contributed by atoms with Gasteiger partial charge in [0.05, 0.1) is 0 Å². The van der Waals surface area contributed by atoms with Crippen LogP contribution in [0, 0.1) is 17.7 Å². The number of nitrogens with zero attached hydrogens (tertiary/aromatic N) is 1. The smallest absolute Gasteiger partial charge is 0.123 e. The molecule has 2 aliphatic heterocycles. The molecule has 4 heteroatoms. The molecular formula is C12H16ClFN2. The van der Waals surface area contributed by atoms with Crippen LogP contribution in [0.1, 0.15) is 0 Å². The van der Waals surface area contributed by atoms with E-state index in [9.17, 15) is 4.39 Å². The second kappa shape index (κ2) is 4.60. The molecule has 2 aliphatic rings. The summed E-state index contributed by atoms with van der Waals surface area (Å²) in [4.78, 5) is 2.37. The fourth-order valence-corrected chi connectivity index (χ4v) is 2.72. The zero-order valence-corrected chi connectivity index (χ0v) is 9.84. The molecule has 2 saturated heterocycles. The summed E-state index contributed by atoms with van der Waals surface area (Å²) in [6.45, 7) is 4.51. The molecule has 2 atom stereocenters. The van der Waals surface area contributed by atoms with E-state index in [4.69, 9.17) is 0 Å². The Hall–Kier alpha value is -0.800. The molecule has 2 fully saturated rings.